The predicted molar refractivity (Wildman–Crippen MR) is 61.5 cm³/mol. The highest BCUT2D eigenvalue weighted by molar-refractivity contribution is 7.08. The van der Waals surface area contributed by atoms with Crippen molar-refractivity contribution in [3.05, 3.63) is 57.8 Å². The first-order valence-electron chi connectivity index (χ1n) is 4.59. The van der Waals surface area contributed by atoms with Gasteiger partial charge < -0.3 is 5.73 Å². The molecule has 0 amide bonds. The molecule has 2 N–H and O–H groups in total. The highest BCUT2D eigenvalue weighted by Crippen LogP contribution is 2.23. The van der Waals surface area contributed by atoms with E-state index in [1.54, 1.807) is 17.4 Å². The number of nitrogens with two attached hydrogens (primary N) is 1. The van der Waals surface area contributed by atoms with Gasteiger partial charge in [0.05, 0.1) is 17.7 Å². The van der Waals surface area contributed by atoms with E-state index < -0.39 is 0 Å². The summed E-state index contributed by atoms with van der Waals surface area (Å²) in [5, 5.41) is 13.0. The summed E-state index contributed by atoms with van der Waals surface area (Å²) in [5.41, 5.74) is 8.69. The van der Waals surface area contributed by atoms with Crippen LogP contribution in [0.4, 0.5) is 0 Å². The van der Waals surface area contributed by atoms with Crippen LogP contribution in [0, 0.1) is 11.3 Å². The Morgan fingerprint density at radius 1 is 1.27 bits per heavy atom. The molecule has 15 heavy (non-hydrogen) atoms. The van der Waals surface area contributed by atoms with E-state index in [-0.39, 0.29) is 6.04 Å². The minimum absolute atomic E-state index is 0.202. The van der Waals surface area contributed by atoms with Crippen molar-refractivity contribution in [3.63, 3.8) is 0 Å². The molecule has 0 aliphatic heterocycles. The number of hydrogen-bond acceptors (Lipinski definition) is 3. The average Bonchev–Trinajstić information content (AvgIpc) is 2.81. The molecular weight excluding hydrogens is 204 g/mol. The van der Waals surface area contributed by atoms with Crippen LogP contribution in [-0.4, -0.2) is 0 Å². The molecule has 1 aromatic carbocycles. The van der Waals surface area contributed by atoms with Crippen molar-refractivity contribution in [1.82, 2.24) is 0 Å². The molecule has 2 aromatic rings. The van der Waals surface area contributed by atoms with E-state index in [2.05, 4.69) is 6.07 Å². The number of thiophene rings is 1. The number of nitrogens with zero attached hydrogens (tertiary/aromatic N) is 1. The Bertz CT molecular complexity index is 483. The molecule has 1 atom stereocenters. The summed E-state index contributed by atoms with van der Waals surface area (Å²) in [6.45, 7) is 0. The van der Waals surface area contributed by atoms with Gasteiger partial charge in [-0.1, -0.05) is 18.2 Å². The van der Waals surface area contributed by atoms with Gasteiger partial charge in [0.25, 0.3) is 0 Å². The zero-order valence-corrected chi connectivity index (χ0v) is 8.87. The smallest absolute Gasteiger partial charge is 0.0995 e. The standard InChI is InChI=1S/C12H10N2S/c13-7-9-3-1-2-4-11(9)12(14)10-5-6-15-8-10/h1-6,8,12H,14H2/t12-/m0/s1. The largest absolute Gasteiger partial charge is 0.320 e. The lowest BCUT2D eigenvalue weighted by atomic mass is 9.98. The van der Waals surface area contributed by atoms with Crippen LogP contribution in [0.1, 0.15) is 22.7 Å². The Morgan fingerprint density at radius 2 is 2.07 bits per heavy atom. The van der Waals surface area contributed by atoms with Gasteiger partial charge in [0, 0.05) is 0 Å². The van der Waals surface area contributed by atoms with Gasteiger partial charge in [-0.3, -0.25) is 0 Å². The van der Waals surface area contributed by atoms with Crippen molar-refractivity contribution >= 4 is 11.3 Å². The van der Waals surface area contributed by atoms with Crippen molar-refractivity contribution in [2.24, 2.45) is 5.73 Å². The molecule has 0 saturated heterocycles. The molecule has 1 aromatic heterocycles. The van der Waals surface area contributed by atoms with Gasteiger partial charge >= 0.3 is 0 Å². The lowest BCUT2D eigenvalue weighted by Gasteiger charge is -2.11. The van der Waals surface area contributed by atoms with Crippen molar-refractivity contribution in [2.45, 2.75) is 6.04 Å². The summed E-state index contributed by atoms with van der Waals surface area (Å²) in [5.74, 6) is 0. The first kappa shape index (κ1) is 9.91. The van der Waals surface area contributed by atoms with Crippen molar-refractivity contribution in [2.75, 3.05) is 0 Å². The zero-order valence-electron chi connectivity index (χ0n) is 8.05. The normalized spacial score (nSPS) is 12.0. The predicted octanol–water partition coefficient (Wildman–Crippen LogP) is 2.67. The Labute approximate surface area is 92.6 Å². The lowest BCUT2D eigenvalue weighted by Crippen LogP contribution is -2.12. The van der Waals surface area contributed by atoms with Crippen molar-refractivity contribution in [1.29, 1.82) is 5.26 Å². The number of benzene rings is 1. The summed E-state index contributed by atoms with van der Waals surface area (Å²) in [6, 6.07) is 11.4. The average molecular weight is 214 g/mol. The first-order valence-corrected chi connectivity index (χ1v) is 5.54. The lowest BCUT2D eigenvalue weighted by molar-refractivity contribution is 0.873. The molecule has 74 valence electrons. The fourth-order valence-electron chi connectivity index (χ4n) is 1.50. The van der Waals surface area contributed by atoms with Crippen molar-refractivity contribution < 1.29 is 0 Å². The Kier molecular flexibility index (Phi) is 2.82. The van der Waals surface area contributed by atoms with Crippen LogP contribution in [0.25, 0.3) is 0 Å². The molecular formula is C12H10N2S. The maximum atomic E-state index is 8.96. The van der Waals surface area contributed by atoms with Crippen LogP contribution >= 0.6 is 11.3 Å². The fraction of sp³-hybridized carbons (Fsp3) is 0.0833. The summed E-state index contributed by atoms with van der Waals surface area (Å²) < 4.78 is 0. The quantitative estimate of drug-likeness (QED) is 0.835. The van der Waals surface area contributed by atoms with Gasteiger partial charge in [0.15, 0.2) is 0 Å². The van der Waals surface area contributed by atoms with E-state index >= 15 is 0 Å². The van der Waals surface area contributed by atoms with Crippen molar-refractivity contribution in [3.8, 4) is 6.07 Å². The van der Waals surface area contributed by atoms with E-state index in [9.17, 15) is 0 Å². The summed E-state index contributed by atoms with van der Waals surface area (Å²) >= 11 is 1.61. The second-order valence-corrected chi connectivity index (χ2v) is 4.01. The number of hydrogen-bond donors (Lipinski definition) is 1. The molecule has 1 heterocycles. The fourth-order valence-corrected chi connectivity index (χ4v) is 2.20. The third kappa shape index (κ3) is 1.91. The number of rotatable bonds is 2. The van der Waals surface area contributed by atoms with Gasteiger partial charge in [-0.05, 0) is 34.0 Å². The molecule has 2 nitrogen and oxygen atoms in total. The molecule has 2 rings (SSSR count). The van der Waals surface area contributed by atoms with Crippen LogP contribution in [0.2, 0.25) is 0 Å². The molecule has 0 radical (unpaired) electrons. The van der Waals surface area contributed by atoms with Crippen LogP contribution in [0.5, 0.6) is 0 Å². The molecule has 0 aliphatic rings. The SMILES string of the molecule is N#Cc1ccccc1[C@@H](N)c1ccsc1. The van der Waals surface area contributed by atoms with E-state index in [1.165, 1.54) is 0 Å². The molecule has 0 fully saturated rings. The van der Waals surface area contributed by atoms with Crippen LogP contribution in [0.15, 0.2) is 41.1 Å². The van der Waals surface area contributed by atoms with E-state index in [0.29, 0.717) is 5.56 Å². The molecule has 0 bridgehead atoms. The van der Waals surface area contributed by atoms with Crippen LogP contribution in [0.3, 0.4) is 0 Å². The Hall–Kier alpha value is -1.63. The topological polar surface area (TPSA) is 49.8 Å². The molecule has 0 unspecified atom stereocenters. The molecule has 0 spiro atoms. The second kappa shape index (κ2) is 4.26. The van der Waals surface area contributed by atoms with E-state index in [4.69, 9.17) is 11.0 Å². The van der Waals surface area contributed by atoms with Gasteiger partial charge in [0.2, 0.25) is 0 Å². The third-order valence-corrected chi connectivity index (χ3v) is 3.02. The molecule has 0 saturated carbocycles. The minimum atomic E-state index is -0.202. The van der Waals surface area contributed by atoms with E-state index in [0.717, 1.165) is 11.1 Å². The van der Waals surface area contributed by atoms with Gasteiger partial charge in [-0.25, -0.2) is 0 Å². The van der Waals surface area contributed by atoms with Gasteiger partial charge in [-0.15, -0.1) is 0 Å². The third-order valence-electron chi connectivity index (χ3n) is 2.32. The highest BCUT2D eigenvalue weighted by atomic mass is 32.1. The maximum absolute atomic E-state index is 8.96. The van der Waals surface area contributed by atoms with Crippen LogP contribution in [-0.2, 0) is 0 Å². The van der Waals surface area contributed by atoms with Crippen LogP contribution < -0.4 is 5.73 Å². The second-order valence-electron chi connectivity index (χ2n) is 3.23. The highest BCUT2D eigenvalue weighted by Gasteiger charge is 2.12. The Morgan fingerprint density at radius 3 is 2.73 bits per heavy atom. The maximum Gasteiger partial charge on any atom is 0.0995 e. The minimum Gasteiger partial charge on any atom is -0.320 e. The monoisotopic (exact) mass is 214 g/mol. The molecule has 0 aliphatic carbocycles. The summed E-state index contributed by atoms with van der Waals surface area (Å²) in [4.78, 5) is 0. The number of nitriles is 1. The van der Waals surface area contributed by atoms with Gasteiger partial charge in [0.1, 0.15) is 0 Å². The summed E-state index contributed by atoms with van der Waals surface area (Å²) in [7, 11) is 0. The zero-order chi connectivity index (χ0) is 10.7. The van der Waals surface area contributed by atoms with Gasteiger partial charge in [-0.2, -0.15) is 16.6 Å². The van der Waals surface area contributed by atoms with E-state index in [1.807, 2.05) is 35.0 Å². The first-order chi connectivity index (χ1) is 7.33. The molecule has 3 heteroatoms. The summed E-state index contributed by atoms with van der Waals surface area (Å²) in [6.07, 6.45) is 0. The Balaban J connectivity index is 2.42.